The minimum absolute atomic E-state index is 0.145. The molecule has 0 radical (unpaired) electrons. The van der Waals surface area contributed by atoms with Gasteiger partial charge in [-0.3, -0.25) is 14.6 Å². The first kappa shape index (κ1) is 24.2. The summed E-state index contributed by atoms with van der Waals surface area (Å²) in [5.41, 5.74) is 3.25. The van der Waals surface area contributed by atoms with E-state index in [9.17, 15) is 9.59 Å². The summed E-state index contributed by atoms with van der Waals surface area (Å²) < 4.78 is 0. The predicted octanol–water partition coefficient (Wildman–Crippen LogP) is 5.36. The van der Waals surface area contributed by atoms with Crippen molar-refractivity contribution in [2.24, 2.45) is 0 Å². The summed E-state index contributed by atoms with van der Waals surface area (Å²) in [5, 5.41) is 3.59. The van der Waals surface area contributed by atoms with Gasteiger partial charge in [0.1, 0.15) is 6.04 Å². The highest BCUT2D eigenvalue weighted by atomic mass is 35.5. The van der Waals surface area contributed by atoms with Gasteiger partial charge in [-0.05, 0) is 41.0 Å². The van der Waals surface area contributed by atoms with Crippen LogP contribution >= 0.6 is 11.6 Å². The Morgan fingerprint density at radius 3 is 2.11 bits per heavy atom. The zero-order valence-corrected chi connectivity index (χ0v) is 19.9. The molecular weight excluding hydrogens is 458 g/mol. The van der Waals surface area contributed by atoms with Crippen molar-refractivity contribution in [1.29, 1.82) is 0 Å². The average Bonchev–Trinajstić information content (AvgIpc) is 2.90. The van der Waals surface area contributed by atoms with E-state index in [-0.39, 0.29) is 31.3 Å². The Balaban J connectivity index is 1.66. The Bertz CT molecular complexity index is 1230. The molecule has 4 aromatic rings. The number of nitrogens with zero attached hydrogens (tertiary/aromatic N) is 2. The van der Waals surface area contributed by atoms with E-state index < -0.39 is 6.04 Å². The Morgan fingerprint density at radius 2 is 1.46 bits per heavy atom. The number of carbonyl (C=O) groups excluding carboxylic acids is 2. The summed E-state index contributed by atoms with van der Waals surface area (Å²) in [6, 6.07) is 31.0. The predicted molar refractivity (Wildman–Crippen MR) is 137 cm³/mol. The zero-order chi connectivity index (χ0) is 24.5. The molecule has 0 saturated heterocycles. The lowest BCUT2D eigenvalue weighted by Gasteiger charge is -2.32. The van der Waals surface area contributed by atoms with Gasteiger partial charge in [0.15, 0.2) is 0 Å². The van der Waals surface area contributed by atoms with E-state index in [4.69, 9.17) is 11.6 Å². The lowest BCUT2D eigenvalue weighted by atomic mass is 10.0. The van der Waals surface area contributed by atoms with Gasteiger partial charge in [0.25, 0.3) is 0 Å². The lowest BCUT2D eigenvalue weighted by molar-refractivity contribution is -0.141. The summed E-state index contributed by atoms with van der Waals surface area (Å²) in [5.74, 6) is -0.412. The molecular formula is C29H26ClN3O2. The highest BCUT2D eigenvalue weighted by Gasteiger charge is 2.31. The zero-order valence-electron chi connectivity index (χ0n) is 19.2. The summed E-state index contributed by atoms with van der Waals surface area (Å²) in [4.78, 5) is 33.2. The summed E-state index contributed by atoms with van der Waals surface area (Å²) >= 11 is 6.08. The topological polar surface area (TPSA) is 62.3 Å². The van der Waals surface area contributed by atoms with Crippen molar-refractivity contribution in [1.82, 2.24) is 15.2 Å². The molecule has 176 valence electrons. The number of benzene rings is 3. The number of hydrogen-bond donors (Lipinski definition) is 1. The fourth-order valence-corrected chi connectivity index (χ4v) is 3.99. The third kappa shape index (κ3) is 6.78. The fourth-order valence-electron chi connectivity index (χ4n) is 3.87. The van der Waals surface area contributed by atoms with Crippen molar-refractivity contribution in [3.63, 3.8) is 0 Å². The third-order valence-corrected chi connectivity index (χ3v) is 5.88. The molecule has 4 rings (SSSR count). The maximum atomic E-state index is 13.7. The molecule has 0 aliphatic rings. The Kier molecular flexibility index (Phi) is 8.25. The number of hydrogen-bond acceptors (Lipinski definition) is 3. The number of carbonyl (C=O) groups is 2. The highest BCUT2D eigenvalue weighted by molar-refractivity contribution is 6.30. The largest absolute Gasteiger partial charge is 0.348 e. The summed E-state index contributed by atoms with van der Waals surface area (Å²) in [7, 11) is 0. The van der Waals surface area contributed by atoms with Crippen LogP contribution in [-0.2, 0) is 29.1 Å². The molecule has 3 aromatic carbocycles. The molecule has 0 saturated carbocycles. The number of amides is 2. The SMILES string of the molecule is O=C(NCc1ccccn1)[C@H](c1ccccc1)N(Cc1ccc(Cl)cc1)C(=O)Cc1ccccc1. The molecule has 1 aromatic heterocycles. The molecule has 0 aliphatic carbocycles. The maximum Gasteiger partial charge on any atom is 0.247 e. The van der Waals surface area contributed by atoms with Crippen LogP contribution in [0.3, 0.4) is 0 Å². The van der Waals surface area contributed by atoms with Crippen LogP contribution in [0.5, 0.6) is 0 Å². The number of rotatable bonds is 9. The Morgan fingerprint density at radius 1 is 0.800 bits per heavy atom. The molecule has 0 bridgehead atoms. The van der Waals surface area contributed by atoms with E-state index in [2.05, 4.69) is 10.3 Å². The Hall–Kier alpha value is -3.96. The van der Waals surface area contributed by atoms with Crippen LogP contribution in [0.15, 0.2) is 109 Å². The van der Waals surface area contributed by atoms with E-state index in [0.29, 0.717) is 5.02 Å². The van der Waals surface area contributed by atoms with Crippen molar-refractivity contribution >= 4 is 23.4 Å². The smallest absolute Gasteiger partial charge is 0.247 e. The van der Waals surface area contributed by atoms with Crippen LogP contribution in [0.25, 0.3) is 0 Å². The Labute approximate surface area is 210 Å². The van der Waals surface area contributed by atoms with Gasteiger partial charge in [-0.1, -0.05) is 90.5 Å². The normalized spacial score (nSPS) is 11.5. The fraction of sp³-hybridized carbons (Fsp3) is 0.138. The molecule has 1 atom stereocenters. The van der Waals surface area contributed by atoms with Gasteiger partial charge in [-0.2, -0.15) is 0 Å². The number of nitrogens with one attached hydrogen (secondary N) is 1. The second-order valence-corrected chi connectivity index (χ2v) is 8.60. The molecule has 0 aliphatic heterocycles. The minimum atomic E-state index is -0.813. The molecule has 0 fully saturated rings. The molecule has 6 heteroatoms. The maximum absolute atomic E-state index is 13.7. The van der Waals surface area contributed by atoms with Crippen LogP contribution in [0.2, 0.25) is 5.02 Å². The first-order valence-corrected chi connectivity index (χ1v) is 11.8. The van der Waals surface area contributed by atoms with Crippen molar-refractivity contribution in [3.05, 3.63) is 137 Å². The van der Waals surface area contributed by atoms with Crippen molar-refractivity contribution in [2.45, 2.75) is 25.6 Å². The van der Waals surface area contributed by atoms with Gasteiger partial charge < -0.3 is 10.2 Å². The highest BCUT2D eigenvalue weighted by Crippen LogP contribution is 2.25. The minimum Gasteiger partial charge on any atom is -0.348 e. The molecule has 1 N–H and O–H groups in total. The molecule has 2 amide bonds. The third-order valence-electron chi connectivity index (χ3n) is 5.63. The first-order chi connectivity index (χ1) is 17.1. The van der Waals surface area contributed by atoms with Crippen molar-refractivity contribution in [3.8, 4) is 0 Å². The van der Waals surface area contributed by atoms with Gasteiger partial charge >= 0.3 is 0 Å². The number of aromatic nitrogens is 1. The molecule has 35 heavy (non-hydrogen) atoms. The number of halogens is 1. The first-order valence-electron chi connectivity index (χ1n) is 11.4. The van der Waals surface area contributed by atoms with Crippen molar-refractivity contribution in [2.75, 3.05) is 0 Å². The van der Waals surface area contributed by atoms with E-state index in [0.717, 1.165) is 22.4 Å². The molecule has 5 nitrogen and oxygen atoms in total. The second kappa shape index (κ2) is 12.0. The lowest BCUT2D eigenvalue weighted by Crippen LogP contribution is -2.44. The van der Waals surface area contributed by atoms with Gasteiger partial charge in [-0.15, -0.1) is 0 Å². The van der Waals surface area contributed by atoms with Gasteiger partial charge in [-0.25, -0.2) is 0 Å². The number of pyridine rings is 1. The summed E-state index contributed by atoms with van der Waals surface area (Å²) in [6.07, 6.45) is 1.87. The van der Waals surface area contributed by atoms with Gasteiger partial charge in [0.2, 0.25) is 11.8 Å². The van der Waals surface area contributed by atoms with E-state index in [1.807, 2.05) is 91.0 Å². The van der Waals surface area contributed by atoms with Crippen LogP contribution < -0.4 is 5.32 Å². The average molecular weight is 484 g/mol. The van der Waals surface area contributed by atoms with Crippen LogP contribution in [0.4, 0.5) is 0 Å². The monoisotopic (exact) mass is 483 g/mol. The second-order valence-electron chi connectivity index (χ2n) is 8.16. The van der Waals surface area contributed by atoms with Gasteiger partial charge in [0.05, 0.1) is 18.7 Å². The summed E-state index contributed by atoms with van der Waals surface area (Å²) in [6.45, 7) is 0.532. The van der Waals surface area contributed by atoms with E-state index >= 15 is 0 Å². The van der Waals surface area contributed by atoms with Crippen molar-refractivity contribution < 1.29 is 9.59 Å². The van der Waals surface area contributed by atoms with Gasteiger partial charge in [0, 0.05) is 17.8 Å². The van der Waals surface area contributed by atoms with Crippen LogP contribution in [0, 0.1) is 0 Å². The molecule has 0 spiro atoms. The van der Waals surface area contributed by atoms with Crippen LogP contribution in [-0.4, -0.2) is 21.7 Å². The van der Waals surface area contributed by atoms with E-state index in [1.165, 1.54) is 0 Å². The van der Waals surface area contributed by atoms with Crippen LogP contribution in [0.1, 0.15) is 28.4 Å². The molecule has 0 unspecified atom stereocenters. The quantitative estimate of drug-likeness (QED) is 0.348. The van der Waals surface area contributed by atoms with E-state index in [1.54, 1.807) is 23.2 Å². The standard InChI is InChI=1S/C29H26ClN3O2/c30-25-16-14-23(15-17-25)21-33(27(34)19-22-9-3-1-4-10-22)28(24-11-5-2-6-12-24)29(35)32-20-26-13-7-8-18-31-26/h1-18,28H,19-21H2,(H,32,35)/t28-/m0/s1. The molecule has 1 heterocycles.